The minimum atomic E-state index is -0.0440. The van der Waals surface area contributed by atoms with Gasteiger partial charge in [0.05, 0.1) is 5.92 Å². The van der Waals surface area contributed by atoms with Crippen LogP contribution in [0.5, 0.6) is 0 Å². The summed E-state index contributed by atoms with van der Waals surface area (Å²) >= 11 is 0. The number of hydrogen-bond donors (Lipinski definition) is 0. The summed E-state index contributed by atoms with van der Waals surface area (Å²) in [4.78, 5) is 10.5. The fourth-order valence-electron chi connectivity index (χ4n) is 1.11. The minimum absolute atomic E-state index is 0. The molecule has 2 heteroatoms. The maximum absolute atomic E-state index is 10.5. The van der Waals surface area contributed by atoms with E-state index in [2.05, 4.69) is 19.9 Å². The van der Waals surface area contributed by atoms with Crippen LogP contribution in [0.3, 0.4) is 0 Å². The molecule has 0 N–H and O–H groups in total. The molecule has 0 fully saturated rings. The number of rotatable bonds is 2. The Balaban J connectivity index is 0.00000144. The molecule has 0 aliphatic heterocycles. The lowest BCUT2D eigenvalue weighted by molar-refractivity contribution is -0.108. The van der Waals surface area contributed by atoms with E-state index in [-0.39, 0.29) is 29.0 Å². The zero-order valence-corrected chi connectivity index (χ0v) is 7.53. The van der Waals surface area contributed by atoms with Crippen LogP contribution in [0.4, 0.5) is 0 Å². The Hall–Kier alpha value is -0.344. The molecule has 0 saturated carbocycles. The highest BCUT2D eigenvalue weighted by molar-refractivity contribution is 5.75. The molecular formula is C11H16MgO. The fraction of sp³-hybridized carbons (Fsp3) is 0.364. The van der Waals surface area contributed by atoms with Crippen molar-refractivity contribution in [1.29, 1.82) is 0 Å². The first kappa shape index (κ1) is 12.7. The van der Waals surface area contributed by atoms with Gasteiger partial charge in [0.25, 0.3) is 0 Å². The summed E-state index contributed by atoms with van der Waals surface area (Å²) in [7, 11) is 0. The molecule has 0 radical (unpaired) electrons. The Morgan fingerprint density at radius 3 is 2.62 bits per heavy atom. The van der Waals surface area contributed by atoms with Crippen molar-refractivity contribution in [3.63, 3.8) is 0 Å². The Labute approximate surface area is 95.7 Å². The number of carbonyl (C=O) groups is 1. The van der Waals surface area contributed by atoms with Gasteiger partial charge in [0.1, 0.15) is 6.29 Å². The Morgan fingerprint density at radius 1 is 1.38 bits per heavy atom. The lowest BCUT2D eigenvalue weighted by Gasteiger charge is -2.03. The second kappa shape index (κ2) is 6.16. The first-order chi connectivity index (χ1) is 5.74. The predicted molar refractivity (Wildman–Crippen MR) is 59.3 cm³/mol. The zero-order chi connectivity index (χ0) is 8.97. The van der Waals surface area contributed by atoms with Crippen molar-refractivity contribution in [3.05, 3.63) is 36.0 Å². The first-order valence-corrected chi connectivity index (χ1v) is 4.26. The SMILES string of the molecule is CC(C)C1=CC=CC(C=O)C=C1.[MgH2]. The van der Waals surface area contributed by atoms with Crippen molar-refractivity contribution in [2.24, 2.45) is 11.8 Å². The van der Waals surface area contributed by atoms with Crippen LogP contribution in [0.15, 0.2) is 36.0 Å². The van der Waals surface area contributed by atoms with E-state index in [1.54, 1.807) is 0 Å². The Bertz CT molecular complexity index is 249. The van der Waals surface area contributed by atoms with Gasteiger partial charge in [-0.2, -0.15) is 0 Å². The van der Waals surface area contributed by atoms with Crippen LogP contribution in [0.1, 0.15) is 13.8 Å². The van der Waals surface area contributed by atoms with Crippen molar-refractivity contribution < 1.29 is 4.79 Å². The first-order valence-electron chi connectivity index (χ1n) is 4.26. The largest absolute Gasteiger partial charge is 0.316 e. The number of hydrogen-bond acceptors (Lipinski definition) is 1. The smallest absolute Gasteiger partial charge is 0.302 e. The van der Waals surface area contributed by atoms with Crippen molar-refractivity contribution in [2.75, 3.05) is 0 Å². The van der Waals surface area contributed by atoms with Crippen molar-refractivity contribution in [2.45, 2.75) is 13.8 Å². The summed E-state index contributed by atoms with van der Waals surface area (Å²) in [5.41, 5.74) is 1.27. The normalized spacial score (nSPS) is 20.5. The van der Waals surface area contributed by atoms with E-state index in [1.807, 2.05) is 24.3 Å². The number of carbonyl (C=O) groups excluding carboxylic acids is 1. The van der Waals surface area contributed by atoms with E-state index >= 15 is 0 Å². The number of allylic oxidation sites excluding steroid dienone is 6. The molecule has 0 aromatic rings. The van der Waals surface area contributed by atoms with Gasteiger partial charge in [0.2, 0.25) is 0 Å². The average molecular weight is 189 g/mol. The van der Waals surface area contributed by atoms with E-state index in [0.717, 1.165) is 6.29 Å². The third-order valence-electron chi connectivity index (χ3n) is 1.96. The molecule has 1 rings (SSSR count). The maximum atomic E-state index is 10.5. The molecule has 1 nitrogen and oxygen atoms in total. The van der Waals surface area contributed by atoms with E-state index in [9.17, 15) is 4.79 Å². The minimum Gasteiger partial charge on any atom is -0.302 e. The van der Waals surface area contributed by atoms with Crippen molar-refractivity contribution >= 4 is 29.3 Å². The van der Waals surface area contributed by atoms with Gasteiger partial charge in [-0.15, -0.1) is 0 Å². The van der Waals surface area contributed by atoms with Gasteiger partial charge in [-0.1, -0.05) is 44.2 Å². The summed E-state index contributed by atoms with van der Waals surface area (Å²) in [6.45, 7) is 4.29. The fourth-order valence-corrected chi connectivity index (χ4v) is 1.11. The summed E-state index contributed by atoms with van der Waals surface area (Å²) in [5.74, 6) is 0.480. The van der Waals surface area contributed by atoms with Crippen molar-refractivity contribution in [1.82, 2.24) is 0 Å². The van der Waals surface area contributed by atoms with Crippen LogP contribution in [0, 0.1) is 11.8 Å². The molecule has 0 saturated heterocycles. The molecule has 0 aromatic heterocycles. The third-order valence-corrected chi connectivity index (χ3v) is 1.96. The van der Waals surface area contributed by atoms with Gasteiger partial charge >= 0.3 is 23.1 Å². The van der Waals surface area contributed by atoms with E-state index in [0.29, 0.717) is 5.92 Å². The maximum Gasteiger partial charge on any atom is 0.316 e. The molecule has 1 aliphatic rings. The molecule has 0 bridgehead atoms. The Morgan fingerprint density at radius 2 is 2.08 bits per heavy atom. The topological polar surface area (TPSA) is 17.1 Å². The standard InChI is InChI=1S/C11H14O.Mg.2H/c1-9(2)11-5-3-4-10(8-12)6-7-11;;;/h3-10H,1-2H3;;;. The summed E-state index contributed by atoms with van der Waals surface area (Å²) in [5, 5.41) is 0. The summed E-state index contributed by atoms with van der Waals surface area (Å²) in [6, 6.07) is 0. The highest BCUT2D eigenvalue weighted by atomic mass is 24.3. The second-order valence-corrected chi connectivity index (χ2v) is 3.28. The molecule has 1 aliphatic carbocycles. The molecule has 0 amide bonds. The van der Waals surface area contributed by atoms with Gasteiger partial charge < -0.3 is 4.79 Å². The molecule has 13 heavy (non-hydrogen) atoms. The summed E-state index contributed by atoms with van der Waals surface area (Å²) in [6.07, 6.45) is 10.8. The van der Waals surface area contributed by atoms with Crippen molar-refractivity contribution in [3.8, 4) is 0 Å². The predicted octanol–water partition coefficient (Wildman–Crippen LogP) is 1.59. The van der Waals surface area contributed by atoms with E-state index in [1.165, 1.54) is 5.57 Å². The molecule has 0 aromatic carbocycles. The van der Waals surface area contributed by atoms with Gasteiger partial charge in [-0.3, -0.25) is 0 Å². The zero-order valence-electron chi connectivity index (χ0n) is 7.53. The third kappa shape index (κ3) is 3.92. The van der Waals surface area contributed by atoms with Crippen LogP contribution < -0.4 is 0 Å². The molecular weight excluding hydrogens is 172 g/mol. The van der Waals surface area contributed by atoms with Gasteiger partial charge in [0, 0.05) is 0 Å². The highest BCUT2D eigenvalue weighted by Crippen LogP contribution is 2.15. The van der Waals surface area contributed by atoms with E-state index in [4.69, 9.17) is 0 Å². The molecule has 68 valence electrons. The lowest BCUT2D eigenvalue weighted by Crippen LogP contribution is -1.92. The van der Waals surface area contributed by atoms with Gasteiger partial charge in [-0.25, -0.2) is 0 Å². The van der Waals surface area contributed by atoms with Gasteiger partial charge in [0.15, 0.2) is 0 Å². The highest BCUT2D eigenvalue weighted by Gasteiger charge is 2.03. The number of aldehydes is 1. The Kier molecular flexibility index (Phi) is 6.00. The second-order valence-electron chi connectivity index (χ2n) is 3.28. The molecule has 0 heterocycles. The van der Waals surface area contributed by atoms with Crippen LogP contribution in [-0.2, 0) is 4.79 Å². The van der Waals surface area contributed by atoms with Crippen LogP contribution in [0.25, 0.3) is 0 Å². The quantitative estimate of drug-likeness (QED) is 0.475. The van der Waals surface area contributed by atoms with Crippen LogP contribution in [0.2, 0.25) is 0 Å². The average Bonchev–Trinajstić information content (AvgIpc) is 2.28. The van der Waals surface area contributed by atoms with E-state index < -0.39 is 0 Å². The van der Waals surface area contributed by atoms with Crippen LogP contribution in [-0.4, -0.2) is 29.3 Å². The monoisotopic (exact) mass is 188 g/mol. The summed E-state index contributed by atoms with van der Waals surface area (Å²) < 4.78 is 0. The lowest BCUT2D eigenvalue weighted by atomic mass is 10.0. The van der Waals surface area contributed by atoms with Crippen LogP contribution >= 0.6 is 0 Å². The molecule has 0 spiro atoms. The molecule has 1 atom stereocenters. The molecule has 1 unspecified atom stereocenters. The van der Waals surface area contributed by atoms with Gasteiger partial charge in [-0.05, 0) is 11.5 Å².